The first-order valence-corrected chi connectivity index (χ1v) is 9.58. The van der Waals surface area contributed by atoms with E-state index in [1.54, 1.807) is 35.1 Å². The number of carbonyl (C=O) groups excluding carboxylic acids is 2. The highest BCUT2D eigenvalue weighted by molar-refractivity contribution is 5.94. The number of ether oxygens (including phenoxy) is 2. The van der Waals surface area contributed by atoms with Crippen molar-refractivity contribution in [3.63, 3.8) is 0 Å². The summed E-state index contributed by atoms with van der Waals surface area (Å²) >= 11 is 0. The highest BCUT2D eigenvalue weighted by atomic mass is 19.1. The molecule has 2 amide bonds. The van der Waals surface area contributed by atoms with Gasteiger partial charge in [0, 0.05) is 26.2 Å². The summed E-state index contributed by atoms with van der Waals surface area (Å²) in [7, 11) is 1.55. The maximum atomic E-state index is 13.9. The van der Waals surface area contributed by atoms with E-state index in [9.17, 15) is 14.0 Å². The van der Waals surface area contributed by atoms with Crippen LogP contribution in [-0.4, -0.2) is 61.5 Å². The first-order valence-electron chi connectivity index (χ1n) is 9.58. The molecule has 0 radical (unpaired) electrons. The summed E-state index contributed by atoms with van der Waals surface area (Å²) in [6.07, 6.45) is 0.625. The van der Waals surface area contributed by atoms with Gasteiger partial charge in [-0.2, -0.15) is 0 Å². The van der Waals surface area contributed by atoms with Gasteiger partial charge in [0.2, 0.25) is 0 Å². The third-order valence-electron chi connectivity index (χ3n) is 4.91. The Morgan fingerprint density at radius 2 is 1.72 bits per heavy atom. The smallest absolute Gasteiger partial charge is 0.260 e. The zero-order valence-corrected chi connectivity index (χ0v) is 16.7. The van der Waals surface area contributed by atoms with E-state index in [4.69, 9.17) is 9.47 Å². The number of aryl methyl sites for hydroxylation is 1. The van der Waals surface area contributed by atoms with Crippen molar-refractivity contribution in [2.75, 3.05) is 39.9 Å². The van der Waals surface area contributed by atoms with Crippen molar-refractivity contribution in [1.29, 1.82) is 0 Å². The lowest BCUT2D eigenvalue weighted by Gasteiger charge is -2.22. The fourth-order valence-corrected chi connectivity index (χ4v) is 3.30. The van der Waals surface area contributed by atoms with Gasteiger partial charge in [-0.25, -0.2) is 4.39 Å². The fourth-order valence-electron chi connectivity index (χ4n) is 3.30. The number of rotatable bonds is 5. The molecule has 154 valence electrons. The SMILES string of the molecule is COc1cc(C)ccc1OCC(=O)N1CCCN(C(=O)c2ccccc2F)CC1. The van der Waals surface area contributed by atoms with Crippen LogP contribution in [0.2, 0.25) is 0 Å². The number of carbonyl (C=O) groups is 2. The molecule has 1 fully saturated rings. The number of benzene rings is 2. The van der Waals surface area contributed by atoms with Gasteiger partial charge >= 0.3 is 0 Å². The van der Waals surface area contributed by atoms with Crippen molar-refractivity contribution in [1.82, 2.24) is 9.80 Å². The number of nitrogens with zero attached hydrogens (tertiary/aromatic N) is 2. The van der Waals surface area contributed by atoms with Crippen LogP contribution in [0.4, 0.5) is 4.39 Å². The van der Waals surface area contributed by atoms with E-state index in [0.717, 1.165) is 5.56 Å². The van der Waals surface area contributed by atoms with Gasteiger partial charge in [0.15, 0.2) is 18.1 Å². The monoisotopic (exact) mass is 400 g/mol. The Morgan fingerprint density at radius 3 is 2.48 bits per heavy atom. The van der Waals surface area contributed by atoms with E-state index in [2.05, 4.69) is 0 Å². The molecule has 7 heteroatoms. The second kappa shape index (κ2) is 9.41. The minimum Gasteiger partial charge on any atom is -0.493 e. The number of amides is 2. The lowest BCUT2D eigenvalue weighted by Crippen LogP contribution is -2.39. The molecule has 0 bridgehead atoms. The highest BCUT2D eigenvalue weighted by Crippen LogP contribution is 2.27. The second-order valence-electron chi connectivity index (χ2n) is 6.95. The third kappa shape index (κ3) is 5.04. The zero-order chi connectivity index (χ0) is 20.8. The Kier molecular flexibility index (Phi) is 6.69. The molecule has 0 unspecified atom stereocenters. The normalized spacial score (nSPS) is 14.3. The van der Waals surface area contributed by atoms with Crippen LogP contribution in [0.5, 0.6) is 11.5 Å². The largest absolute Gasteiger partial charge is 0.493 e. The van der Waals surface area contributed by atoms with E-state index in [0.29, 0.717) is 44.1 Å². The van der Waals surface area contributed by atoms with Gasteiger partial charge in [-0.3, -0.25) is 9.59 Å². The Morgan fingerprint density at radius 1 is 1.00 bits per heavy atom. The summed E-state index contributed by atoms with van der Waals surface area (Å²) in [6, 6.07) is 11.5. The standard InChI is InChI=1S/C22H25FN2O4/c1-16-8-9-19(20(14-16)28-2)29-15-21(26)24-10-5-11-25(13-12-24)22(27)17-6-3-4-7-18(17)23/h3-4,6-9,14H,5,10-13,15H2,1-2H3. The maximum absolute atomic E-state index is 13.9. The fraction of sp³-hybridized carbons (Fsp3) is 0.364. The molecular weight excluding hydrogens is 375 g/mol. The number of hydrogen-bond acceptors (Lipinski definition) is 4. The van der Waals surface area contributed by atoms with E-state index >= 15 is 0 Å². The predicted molar refractivity (Wildman–Crippen MR) is 107 cm³/mol. The summed E-state index contributed by atoms with van der Waals surface area (Å²) in [5.74, 6) is 0.0499. The van der Waals surface area contributed by atoms with E-state index in [-0.39, 0.29) is 24.0 Å². The molecule has 2 aromatic carbocycles. The topological polar surface area (TPSA) is 59.1 Å². The van der Waals surface area contributed by atoms with E-state index in [1.807, 2.05) is 19.1 Å². The van der Waals surface area contributed by atoms with Crippen LogP contribution in [0.3, 0.4) is 0 Å². The molecule has 3 rings (SSSR count). The molecule has 0 saturated carbocycles. The third-order valence-corrected chi connectivity index (χ3v) is 4.91. The quantitative estimate of drug-likeness (QED) is 0.774. The summed E-state index contributed by atoms with van der Waals surface area (Å²) in [6.45, 7) is 3.57. The number of hydrogen-bond donors (Lipinski definition) is 0. The summed E-state index contributed by atoms with van der Waals surface area (Å²) in [4.78, 5) is 28.5. The van der Waals surface area contributed by atoms with E-state index < -0.39 is 5.82 Å². The summed E-state index contributed by atoms with van der Waals surface area (Å²) < 4.78 is 24.9. The van der Waals surface area contributed by atoms with Crippen molar-refractivity contribution in [3.05, 3.63) is 59.4 Å². The molecule has 1 heterocycles. The van der Waals surface area contributed by atoms with Gasteiger partial charge in [-0.05, 0) is 43.2 Å². The minimum atomic E-state index is -0.532. The molecule has 0 atom stereocenters. The van der Waals surface area contributed by atoms with Crippen LogP contribution in [0.25, 0.3) is 0 Å². The zero-order valence-electron chi connectivity index (χ0n) is 16.7. The summed E-state index contributed by atoms with van der Waals surface area (Å²) in [5, 5.41) is 0. The van der Waals surface area contributed by atoms with Crippen molar-refractivity contribution >= 4 is 11.8 Å². The number of methoxy groups -OCH3 is 1. The predicted octanol–water partition coefficient (Wildman–Crippen LogP) is 2.90. The van der Waals surface area contributed by atoms with Gasteiger partial charge in [0.05, 0.1) is 12.7 Å². The maximum Gasteiger partial charge on any atom is 0.260 e. The molecule has 0 spiro atoms. The van der Waals surface area contributed by atoms with E-state index in [1.165, 1.54) is 12.1 Å². The van der Waals surface area contributed by atoms with Gasteiger partial charge in [0.25, 0.3) is 11.8 Å². The van der Waals surface area contributed by atoms with Crippen molar-refractivity contribution in [3.8, 4) is 11.5 Å². The Bertz CT molecular complexity index is 887. The highest BCUT2D eigenvalue weighted by Gasteiger charge is 2.24. The van der Waals surface area contributed by atoms with Crippen LogP contribution in [-0.2, 0) is 4.79 Å². The van der Waals surface area contributed by atoms with Gasteiger partial charge in [0.1, 0.15) is 5.82 Å². The van der Waals surface area contributed by atoms with Crippen molar-refractivity contribution in [2.45, 2.75) is 13.3 Å². The van der Waals surface area contributed by atoms with Crippen LogP contribution in [0.1, 0.15) is 22.3 Å². The number of halogens is 1. The van der Waals surface area contributed by atoms with Crippen LogP contribution < -0.4 is 9.47 Å². The Hall–Kier alpha value is -3.09. The van der Waals surface area contributed by atoms with Crippen molar-refractivity contribution < 1.29 is 23.5 Å². The lowest BCUT2D eigenvalue weighted by atomic mass is 10.2. The van der Waals surface area contributed by atoms with Crippen LogP contribution in [0, 0.1) is 12.7 Å². The molecule has 0 N–H and O–H groups in total. The first kappa shape index (κ1) is 20.6. The molecule has 1 saturated heterocycles. The molecular formula is C22H25FN2O4. The van der Waals surface area contributed by atoms with Crippen molar-refractivity contribution in [2.24, 2.45) is 0 Å². The second-order valence-corrected chi connectivity index (χ2v) is 6.95. The Labute approximate surface area is 169 Å². The average molecular weight is 400 g/mol. The van der Waals surface area contributed by atoms with Crippen LogP contribution >= 0.6 is 0 Å². The first-order chi connectivity index (χ1) is 14.0. The van der Waals surface area contributed by atoms with Gasteiger partial charge in [-0.15, -0.1) is 0 Å². The van der Waals surface area contributed by atoms with Crippen LogP contribution in [0.15, 0.2) is 42.5 Å². The molecule has 0 aromatic heterocycles. The average Bonchev–Trinajstić information content (AvgIpc) is 2.98. The molecule has 2 aromatic rings. The molecule has 29 heavy (non-hydrogen) atoms. The lowest BCUT2D eigenvalue weighted by molar-refractivity contribution is -0.133. The molecule has 1 aliphatic heterocycles. The van der Waals surface area contributed by atoms with Gasteiger partial charge in [-0.1, -0.05) is 18.2 Å². The summed E-state index contributed by atoms with van der Waals surface area (Å²) in [5.41, 5.74) is 1.09. The van der Waals surface area contributed by atoms with Gasteiger partial charge < -0.3 is 19.3 Å². The molecule has 1 aliphatic rings. The Balaban J connectivity index is 1.57. The minimum absolute atomic E-state index is 0.0575. The molecule has 0 aliphatic carbocycles. The molecule has 6 nitrogen and oxygen atoms in total.